The molecule has 31 heavy (non-hydrogen) atoms. The van der Waals surface area contributed by atoms with Gasteiger partial charge in [-0.25, -0.2) is 14.5 Å². The number of amides is 1. The van der Waals surface area contributed by atoms with Crippen LogP contribution in [0.4, 0.5) is 18.3 Å². The highest BCUT2D eigenvalue weighted by Crippen LogP contribution is 2.29. The molecule has 0 saturated carbocycles. The van der Waals surface area contributed by atoms with E-state index in [0.717, 1.165) is 35.9 Å². The second-order valence-corrected chi connectivity index (χ2v) is 8.84. The van der Waals surface area contributed by atoms with Crippen molar-refractivity contribution in [2.75, 3.05) is 5.32 Å². The zero-order chi connectivity index (χ0) is 22.2. The summed E-state index contributed by atoms with van der Waals surface area (Å²) in [5, 5.41) is 7.03. The van der Waals surface area contributed by atoms with Gasteiger partial charge < -0.3 is 5.32 Å². The number of aryl methyl sites for hydroxylation is 4. The highest BCUT2D eigenvalue weighted by Gasteiger charge is 2.37. The number of carbonyl (C=O) groups excluding carboxylic acids is 1. The van der Waals surface area contributed by atoms with Crippen LogP contribution in [0.2, 0.25) is 0 Å². The Labute approximate surface area is 181 Å². The average molecular weight is 453 g/mol. The SMILES string of the molecule is Cc1nc2nc(C(F)(F)F)nn2c(C)c1CCC(=O)Nc1nc2c(s1)CCCCCC2. The molecule has 0 saturated heterocycles. The molecule has 0 unspecified atom stereocenters. The summed E-state index contributed by atoms with van der Waals surface area (Å²) in [6.45, 7) is 3.35. The Balaban J connectivity index is 1.46. The Morgan fingerprint density at radius 1 is 1.10 bits per heavy atom. The fourth-order valence-electron chi connectivity index (χ4n) is 3.87. The van der Waals surface area contributed by atoms with Crippen LogP contribution in [0.15, 0.2) is 0 Å². The van der Waals surface area contributed by atoms with Crippen LogP contribution < -0.4 is 5.32 Å². The average Bonchev–Trinajstić information content (AvgIpc) is 3.25. The van der Waals surface area contributed by atoms with Crippen molar-refractivity contribution < 1.29 is 18.0 Å². The number of aromatic nitrogens is 5. The molecule has 0 radical (unpaired) electrons. The van der Waals surface area contributed by atoms with E-state index >= 15 is 0 Å². The van der Waals surface area contributed by atoms with Crippen molar-refractivity contribution in [3.05, 3.63) is 33.3 Å². The Morgan fingerprint density at radius 2 is 1.84 bits per heavy atom. The molecule has 7 nitrogen and oxygen atoms in total. The number of nitrogens with one attached hydrogen (secondary N) is 1. The number of alkyl halides is 3. The third-order valence-electron chi connectivity index (χ3n) is 5.50. The predicted molar refractivity (Wildman–Crippen MR) is 110 cm³/mol. The minimum absolute atomic E-state index is 0.101. The predicted octanol–water partition coefficient (Wildman–Crippen LogP) is 4.45. The standard InChI is InChI=1S/C20H23F3N6OS/c1-11-13(12(2)29-18(24-11)27-17(28-29)20(21,22)23)9-10-16(30)26-19-25-14-7-5-3-4-6-8-15(14)31-19/h3-10H2,1-2H3,(H,25,26,30). The summed E-state index contributed by atoms with van der Waals surface area (Å²) in [5.41, 5.74) is 2.81. The quantitative estimate of drug-likeness (QED) is 0.632. The molecule has 1 aliphatic rings. The van der Waals surface area contributed by atoms with Crippen LogP contribution in [0.5, 0.6) is 0 Å². The van der Waals surface area contributed by atoms with Crippen LogP contribution >= 0.6 is 11.3 Å². The van der Waals surface area contributed by atoms with Crippen molar-refractivity contribution in [1.82, 2.24) is 24.6 Å². The highest BCUT2D eigenvalue weighted by atomic mass is 32.1. The first kappa shape index (κ1) is 21.7. The van der Waals surface area contributed by atoms with Gasteiger partial charge in [-0.3, -0.25) is 4.79 Å². The normalized spacial score (nSPS) is 14.9. The second-order valence-electron chi connectivity index (χ2n) is 7.76. The van der Waals surface area contributed by atoms with E-state index in [9.17, 15) is 18.0 Å². The van der Waals surface area contributed by atoms with E-state index in [1.807, 2.05) is 0 Å². The van der Waals surface area contributed by atoms with Gasteiger partial charge in [0.2, 0.25) is 5.91 Å². The molecule has 11 heteroatoms. The Morgan fingerprint density at radius 3 is 2.58 bits per heavy atom. The molecule has 166 valence electrons. The first-order valence-electron chi connectivity index (χ1n) is 10.3. The number of carbonyl (C=O) groups is 1. The highest BCUT2D eigenvalue weighted by molar-refractivity contribution is 7.15. The topological polar surface area (TPSA) is 85.1 Å². The van der Waals surface area contributed by atoms with Gasteiger partial charge in [-0.2, -0.15) is 18.2 Å². The van der Waals surface area contributed by atoms with E-state index in [-0.39, 0.29) is 18.1 Å². The van der Waals surface area contributed by atoms with E-state index in [0.29, 0.717) is 28.5 Å². The molecule has 3 aromatic heterocycles. The number of nitrogens with zero attached hydrogens (tertiary/aromatic N) is 5. The third-order valence-corrected chi connectivity index (χ3v) is 6.57. The molecule has 0 spiro atoms. The zero-order valence-electron chi connectivity index (χ0n) is 17.3. The van der Waals surface area contributed by atoms with Crippen molar-refractivity contribution in [3.63, 3.8) is 0 Å². The molecular weight excluding hydrogens is 429 g/mol. The monoisotopic (exact) mass is 452 g/mol. The van der Waals surface area contributed by atoms with Gasteiger partial charge in [0.15, 0.2) is 5.13 Å². The summed E-state index contributed by atoms with van der Waals surface area (Å²) in [7, 11) is 0. The molecule has 1 N–H and O–H groups in total. The number of thiazole rings is 1. The molecule has 1 amide bonds. The number of halogens is 3. The van der Waals surface area contributed by atoms with Gasteiger partial charge in [0.1, 0.15) is 0 Å². The van der Waals surface area contributed by atoms with Gasteiger partial charge in [-0.1, -0.05) is 12.8 Å². The van der Waals surface area contributed by atoms with Gasteiger partial charge in [0.25, 0.3) is 11.6 Å². The molecule has 0 bridgehead atoms. The van der Waals surface area contributed by atoms with Gasteiger partial charge in [0.05, 0.1) is 5.69 Å². The fourth-order valence-corrected chi connectivity index (χ4v) is 4.94. The van der Waals surface area contributed by atoms with Crippen LogP contribution in [0, 0.1) is 13.8 Å². The summed E-state index contributed by atoms with van der Waals surface area (Å²) in [6.07, 6.45) is 2.52. The van der Waals surface area contributed by atoms with Gasteiger partial charge in [0, 0.05) is 22.7 Å². The van der Waals surface area contributed by atoms with Crippen LogP contribution in [-0.2, 0) is 30.2 Å². The fraction of sp³-hybridized carbons (Fsp3) is 0.550. The van der Waals surface area contributed by atoms with Crippen LogP contribution in [0.25, 0.3) is 5.78 Å². The summed E-state index contributed by atoms with van der Waals surface area (Å²) in [5.74, 6) is -1.51. The van der Waals surface area contributed by atoms with Crippen molar-refractivity contribution in [2.24, 2.45) is 0 Å². The minimum Gasteiger partial charge on any atom is -0.302 e. The molecular formula is C20H23F3N6OS. The molecule has 1 aliphatic carbocycles. The maximum Gasteiger partial charge on any atom is 0.453 e. The summed E-state index contributed by atoms with van der Waals surface area (Å²) < 4.78 is 39.9. The lowest BCUT2D eigenvalue weighted by atomic mass is 10.0. The third kappa shape index (κ3) is 4.70. The molecule has 0 aliphatic heterocycles. The first-order chi connectivity index (χ1) is 14.7. The summed E-state index contributed by atoms with van der Waals surface area (Å²) in [6, 6.07) is 0. The van der Waals surface area contributed by atoms with Gasteiger partial charge in [-0.15, -0.1) is 16.4 Å². The van der Waals surface area contributed by atoms with E-state index in [2.05, 4.69) is 25.4 Å². The smallest absolute Gasteiger partial charge is 0.302 e. The van der Waals surface area contributed by atoms with Crippen molar-refractivity contribution in [2.45, 2.75) is 71.4 Å². The van der Waals surface area contributed by atoms with Crippen LogP contribution in [0.3, 0.4) is 0 Å². The maximum atomic E-state index is 12.9. The van der Waals surface area contributed by atoms with E-state index in [1.54, 1.807) is 13.8 Å². The van der Waals surface area contributed by atoms with Gasteiger partial charge in [-0.05, 0) is 51.5 Å². The maximum absolute atomic E-state index is 12.9. The van der Waals surface area contributed by atoms with E-state index in [1.165, 1.54) is 29.1 Å². The van der Waals surface area contributed by atoms with Crippen LogP contribution in [-0.4, -0.2) is 30.5 Å². The molecule has 3 aromatic rings. The minimum atomic E-state index is -4.64. The van der Waals surface area contributed by atoms with E-state index < -0.39 is 12.0 Å². The largest absolute Gasteiger partial charge is 0.453 e. The van der Waals surface area contributed by atoms with E-state index in [4.69, 9.17) is 0 Å². The molecule has 0 aromatic carbocycles. The summed E-state index contributed by atoms with van der Waals surface area (Å²) in [4.78, 5) is 26.0. The first-order valence-corrected chi connectivity index (χ1v) is 11.1. The number of anilines is 1. The lowest BCUT2D eigenvalue weighted by Crippen LogP contribution is -2.14. The van der Waals surface area contributed by atoms with Gasteiger partial charge >= 0.3 is 6.18 Å². The number of hydrogen-bond acceptors (Lipinski definition) is 6. The Kier molecular flexibility index (Phi) is 5.96. The molecule has 0 atom stereocenters. The number of rotatable bonds is 4. The van der Waals surface area contributed by atoms with Crippen molar-refractivity contribution in [3.8, 4) is 0 Å². The lowest BCUT2D eigenvalue weighted by molar-refractivity contribution is -0.144. The van der Waals surface area contributed by atoms with Crippen molar-refractivity contribution in [1.29, 1.82) is 0 Å². The van der Waals surface area contributed by atoms with Crippen molar-refractivity contribution >= 4 is 28.2 Å². The number of fused-ring (bicyclic) bond motifs is 2. The Hall–Kier alpha value is -2.56. The van der Waals surface area contributed by atoms with Crippen LogP contribution in [0.1, 0.15) is 65.5 Å². The molecule has 0 fully saturated rings. The number of hydrogen-bond donors (Lipinski definition) is 1. The molecule has 3 heterocycles. The second kappa shape index (κ2) is 8.52. The Bertz CT molecular complexity index is 1090. The lowest BCUT2D eigenvalue weighted by Gasteiger charge is -2.10. The zero-order valence-corrected chi connectivity index (χ0v) is 18.2. The molecule has 4 rings (SSSR count). The summed E-state index contributed by atoms with van der Waals surface area (Å²) >= 11 is 1.54.